The highest BCUT2D eigenvalue weighted by Gasteiger charge is 2.35. The Kier molecular flexibility index (Phi) is 4.29. The molecule has 1 aliphatic heterocycles. The number of rotatable bonds is 5. The Bertz CT molecular complexity index is 799. The van der Waals surface area contributed by atoms with Crippen LogP contribution in [0.1, 0.15) is 27.6 Å². The van der Waals surface area contributed by atoms with Crippen molar-refractivity contribution >= 4 is 29.0 Å². The van der Waals surface area contributed by atoms with Crippen molar-refractivity contribution in [3.8, 4) is 0 Å². The lowest BCUT2D eigenvalue weighted by Gasteiger charge is -2.18. The van der Waals surface area contributed by atoms with E-state index in [1.54, 1.807) is 55.5 Å². The fourth-order valence-corrected chi connectivity index (χ4v) is 2.51. The van der Waals surface area contributed by atoms with Crippen LogP contribution in [0.25, 0.3) is 0 Å². The van der Waals surface area contributed by atoms with Crippen molar-refractivity contribution in [3.05, 3.63) is 59.7 Å². The average Bonchev–Trinajstić information content (AvgIpc) is 2.85. The maximum atomic E-state index is 12.1. The molecule has 0 aromatic heterocycles. The van der Waals surface area contributed by atoms with Crippen LogP contribution in [0.4, 0.5) is 11.4 Å². The number of ketones is 1. The zero-order chi connectivity index (χ0) is 17.1. The third-order valence-electron chi connectivity index (χ3n) is 3.72. The second kappa shape index (κ2) is 6.54. The van der Waals surface area contributed by atoms with Crippen molar-refractivity contribution < 1.29 is 19.1 Å². The lowest BCUT2D eigenvalue weighted by molar-refractivity contribution is -0.114. The van der Waals surface area contributed by atoms with E-state index in [1.807, 2.05) is 0 Å². The van der Waals surface area contributed by atoms with E-state index in [9.17, 15) is 14.4 Å². The number of nitrogens with zero attached hydrogens (tertiary/aromatic N) is 1. The molecular weight excluding hydrogens is 308 g/mol. The highest BCUT2D eigenvalue weighted by Crippen LogP contribution is 2.28. The van der Waals surface area contributed by atoms with Crippen molar-refractivity contribution in [1.82, 2.24) is 0 Å². The molecular formula is C18H16N2O4. The normalized spacial score (nSPS) is 13.0. The Morgan fingerprint density at radius 2 is 1.79 bits per heavy atom. The molecule has 2 aromatic rings. The molecule has 1 heterocycles. The van der Waals surface area contributed by atoms with Crippen LogP contribution in [-0.2, 0) is 9.53 Å². The van der Waals surface area contributed by atoms with Gasteiger partial charge in [0.1, 0.15) is 0 Å². The number of carbonyl (C=O) groups excluding carboxylic acids is 3. The van der Waals surface area contributed by atoms with Gasteiger partial charge in [-0.15, -0.1) is 0 Å². The number of amides is 1. The van der Waals surface area contributed by atoms with Crippen molar-refractivity contribution in [2.24, 2.45) is 0 Å². The molecule has 3 rings (SSSR count). The van der Waals surface area contributed by atoms with Crippen molar-refractivity contribution in [3.63, 3.8) is 0 Å². The topological polar surface area (TPSA) is 75.7 Å². The summed E-state index contributed by atoms with van der Waals surface area (Å²) in [5.74, 6) is -1.42. The minimum atomic E-state index is -0.549. The summed E-state index contributed by atoms with van der Waals surface area (Å²) in [6.45, 7) is 2.24. The van der Waals surface area contributed by atoms with Gasteiger partial charge >= 0.3 is 11.9 Å². The second-order valence-electron chi connectivity index (χ2n) is 5.21. The van der Waals surface area contributed by atoms with E-state index < -0.39 is 11.7 Å². The number of benzene rings is 2. The molecule has 1 aliphatic rings. The number of anilines is 2. The van der Waals surface area contributed by atoms with Crippen LogP contribution in [0.2, 0.25) is 0 Å². The summed E-state index contributed by atoms with van der Waals surface area (Å²) in [5, 5.41) is 3.08. The standard InChI is InChI=1S/C18H16N2O4/c1-2-24-18(23)12-7-9-13(10-8-12)19-11-20-15-6-4-3-5-14(15)16(21)17(20)22/h3-10,19H,2,11H2,1H3. The van der Waals surface area contributed by atoms with Crippen molar-refractivity contribution in [2.45, 2.75) is 6.92 Å². The average molecular weight is 324 g/mol. The van der Waals surface area contributed by atoms with Crippen LogP contribution in [0.15, 0.2) is 48.5 Å². The van der Waals surface area contributed by atoms with Gasteiger partial charge in [-0.05, 0) is 43.3 Å². The predicted molar refractivity (Wildman–Crippen MR) is 89.1 cm³/mol. The number of carbonyl (C=O) groups is 3. The van der Waals surface area contributed by atoms with E-state index in [1.165, 1.54) is 4.90 Å². The molecule has 6 nitrogen and oxygen atoms in total. The summed E-state index contributed by atoms with van der Waals surface area (Å²) in [4.78, 5) is 37.0. The van der Waals surface area contributed by atoms with Gasteiger partial charge in [0.2, 0.25) is 0 Å². The first-order chi connectivity index (χ1) is 11.6. The molecule has 1 N–H and O–H groups in total. The Morgan fingerprint density at radius 3 is 2.50 bits per heavy atom. The van der Waals surface area contributed by atoms with E-state index in [2.05, 4.69) is 5.32 Å². The Morgan fingerprint density at radius 1 is 1.08 bits per heavy atom. The number of nitrogens with one attached hydrogen (secondary N) is 1. The van der Waals surface area contributed by atoms with Gasteiger partial charge in [-0.1, -0.05) is 12.1 Å². The zero-order valence-electron chi connectivity index (χ0n) is 13.1. The number of ether oxygens (including phenoxy) is 1. The van der Waals surface area contributed by atoms with Crippen molar-refractivity contribution in [1.29, 1.82) is 0 Å². The first kappa shape index (κ1) is 15.7. The van der Waals surface area contributed by atoms with Gasteiger partial charge in [0.25, 0.3) is 5.78 Å². The van der Waals surface area contributed by atoms with Gasteiger partial charge in [-0.25, -0.2) is 4.79 Å². The predicted octanol–water partition coefficient (Wildman–Crippen LogP) is 2.46. The first-order valence-electron chi connectivity index (χ1n) is 7.58. The zero-order valence-corrected chi connectivity index (χ0v) is 13.1. The van der Waals surface area contributed by atoms with Crippen LogP contribution >= 0.6 is 0 Å². The molecule has 0 radical (unpaired) electrons. The molecule has 122 valence electrons. The number of hydrogen-bond donors (Lipinski definition) is 1. The van der Waals surface area contributed by atoms with Crippen LogP contribution in [-0.4, -0.2) is 30.9 Å². The first-order valence-corrected chi connectivity index (χ1v) is 7.58. The van der Waals surface area contributed by atoms with Gasteiger partial charge in [-0.3, -0.25) is 14.5 Å². The number of para-hydroxylation sites is 1. The van der Waals surface area contributed by atoms with Gasteiger partial charge in [0.05, 0.1) is 30.1 Å². The fraction of sp³-hybridized carbons (Fsp3) is 0.167. The molecule has 24 heavy (non-hydrogen) atoms. The van der Waals surface area contributed by atoms with Gasteiger partial charge in [0, 0.05) is 5.69 Å². The molecule has 6 heteroatoms. The van der Waals surface area contributed by atoms with Crippen LogP contribution in [0, 0.1) is 0 Å². The van der Waals surface area contributed by atoms with Gasteiger partial charge in [0.15, 0.2) is 0 Å². The Labute approximate surface area is 139 Å². The molecule has 2 aromatic carbocycles. The van der Waals surface area contributed by atoms with E-state index in [0.717, 1.165) is 5.69 Å². The maximum absolute atomic E-state index is 12.1. The fourth-order valence-electron chi connectivity index (χ4n) is 2.51. The third kappa shape index (κ3) is 2.86. The molecule has 0 atom stereocenters. The monoisotopic (exact) mass is 324 g/mol. The van der Waals surface area contributed by atoms with Crippen LogP contribution in [0.3, 0.4) is 0 Å². The van der Waals surface area contributed by atoms with E-state index >= 15 is 0 Å². The SMILES string of the molecule is CCOC(=O)c1ccc(NCN2C(=O)C(=O)c3ccccc32)cc1. The summed E-state index contributed by atoms with van der Waals surface area (Å²) in [6, 6.07) is 13.6. The highest BCUT2D eigenvalue weighted by molar-refractivity contribution is 6.52. The van der Waals surface area contributed by atoms with Gasteiger partial charge in [-0.2, -0.15) is 0 Å². The van der Waals surface area contributed by atoms with E-state index in [0.29, 0.717) is 23.4 Å². The molecule has 0 bridgehead atoms. The largest absolute Gasteiger partial charge is 0.462 e. The Hall–Kier alpha value is -3.15. The highest BCUT2D eigenvalue weighted by atomic mass is 16.5. The molecule has 1 amide bonds. The van der Waals surface area contributed by atoms with Crippen molar-refractivity contribution in [2.75, 3.05) is 23.5 Å². The minimum absolute atomic E-state index is 0.167. The maximum Gasteiger partial charge on any atom is 0.338 e. The quantitative estimate of drug-likeness (QED) is 0.675. The summed E-state index contributed by atoms with van der Waals surface area (Å²) in [6.07, 6.45) is 0. The molecule has 0 saturated carbocycles. The summed E-state index contributed by atoms with van der Waals surface area (Å²) >= 11 is 0. The summed E-state index contributed by atoms with van der Waals surface area (Å²) < 4.78 is 4.92. The van der Waals surface area contributed by atoms with E-state index in [-0.39, 0.29) is 12.6 Å². The summed E-state index contributed by atoms with van der Waals surface area (Å²) in [5.41, 5.74) is 2.21. The smallest absolute Gasteiger partial charge is 0.338 e. The number of hydrogen-bond acceptors (Lipinski definition) is 5. The third-order valence-corrected chi connectivity index (χ3v) is 3.72. The number of fused-ring (bicyclic) bond motifs is 1. The van der Waals surface area contributed by atoms with Gasteiger partial charge < -0.3 is 10.1 Å². The molecule has 0 unspecified atom stereocenters. The molecule has 0 spiro atoms. The van der Waals surface area contributed by atoms with E-state index in [4.69, 9.17) is 4.74 Å². The summed E-state index contributed by atoms with van der Waals surface area (Å²) in [7, 11) is 0. The molecule has 0 fully saturated rings. The number of Topliss-reactive ketones (excluding diaryl/α,β-unsaturated/α-hetero) is 1. The molecule has 0 saturated heterocycles. The lowest BCUT2D eigenvalue weighted by Crippen LogP contribution is -2.34. The lowest BCUT2D eigenvalue weighted by atomic mass is 10.1. The minimum Gasteiger partial charge on any atom is -0.462 e. The van der Waals surface area contributed by atoms with Crippen LogP contribution in [0.5, 0.6) is 0 Å². The van der Waals surface area contributed by atoms with Crippen LogP contribution < -0.4 is 10.2 Å². The second-order valence-corrected chi connectivity index (χ2v) is 5.21. The Balaban J connectivity index is 1.69. The molecule has 0 aliphatic carbocycles. The number of esters is 1.